The first kappa shape index (κ1) is 19.1. The minimum Gasteiger partial charge on any atom is -0.507 e. The molecule has 1 saturated heterocycles. The average molecular weight is 394 g/mol. The van der Waals surface area contributed by atoms with E-state index in [0.29, 0.717) is 29.0 Å². The number of hydrogen-bond acceptors (Lipinski definition) is 6. The molecule has 0 radical (unpaired) electrons. The third kappa shape index (κ3) is 4.00. The Labute approximate surface area is 168 Å². The fraction of sp³-hybridized carbons (Fsp3) is 0.318. The molecule has 0 unspecified atom stereocenters. The maximum Gasteiger partial charge on any atom is 0.270 e. The fourth-order valence-corrected chi connectivity index (χ4v) is 3.85. The van der Waals surface area contributed by atoms with Crippen molar-refractivity contribution in [3.8, 4) is 11.5 Å². The number of aromatic hydroxyl groups is 1. The molecule has 1 N–H and O–H groups in total. The Balaban J connectivity index is 1.64. The summed E-state index contributed by atoms with van der Waals surface area (Å²) < 4.78 is 5.86. The zero-order valence-electron chi connectivity index (χ0n) is 16.0. The monoisotopic (exact) mass is 394 g/mol. The van der Waals surface area contributed by atoms with Gasteiger partial charge < -0.3 is 9.84 Å². The quantitative estimate of drug-likeness (QED) is 0.472. The zero-order chi connectivity index (χ0) is 20.4. The van der Waals surface area contributed by atoms with Gasteiger partial charge in [-0.1, -0.05) is 25.0 Å². The molecule has 2 aromatic carbocycles. The van der Waals surface area contributed by atoms with Crippen LogP contribution in [0.2, 0.25) is 0 Å². The van der Waals surface area contributed by atoms with Gasteiger partial charge in [-0.15, -0.1) is 0 Å². The number of Topliss-reactive ketones (excluding diaryl/α,β-unsaturated/α-hetero) is 1. The van der Waals surface area contributed by atoms with E-state index in [9.17, 15) is 20.0 Å². The van der Waals surface area contributed by atoms with Crippen LogP contribution >= 0.6 is 0 Å². The molecule has 150 valence electrons. The van der Waals surface area contributed by atoms with E-state index in [-0.39, 0.29) is 23.0 Å². The highest BCUT2D eigenvalue weighted by atomic mass is 16.6. The number of ether oxygens (including phenoxy) is 1. The van der Waals surface area contributed by atoms with Gasteiger partial charge in [0.25, 0.3) is 5.69 Å². The molecule has 29 heavy (non-hydrogen) atoms. The van der Waals surface area contributed by atoms with Gasteiger partial charge in [-0.2, -0.15) is 0 Å². The van der Waals surface area contributed by atoms with E-state index in [1.807, 2.05) is 0 Å². The number of nitro benzene ring substituents is 1. The Morgan fingerprint density at radius 1 is 1.14 bits per heavy atom. The summed E-state index contributed by atoms with van der Waals surface area (Å²) in [6.45, 7) is 2.42. The van der Waals surface area contributed by atoms with Crippen LogP contribution < -0.4 is 4.74 Å². The second-order valence-electron chi connectivity index (χ2n) is 7.42. The second-order valence-corrected chi connectivity index (χ2v) is 7.42. The van der Waals surface area contributed by atoms with Gasteiger partial charge in [0.15, 0.2) is 5.76 Å². The Morgan fingerprint density at radius 2 is 1.90 bits per heavy atom. The molecule has 7 heteroatoms. The van der Waals surface area contributed by atoms with Gasteiger partial charge in [-0.05, 0) is 49.7 Å². The van der Waals surface area contributed by atoms with Crippen LogP contribution in [-0.2, 0) is 6.54 Å². The number of phenolic OH excluding ortho intramolecular Hbond substituents is 1. The lowest BCUT2D eigenvalue weighted by Crippen LogP contribution is -2.24. The molecule has 7 nitrogen and oxygen atoms in total. The van der Waals surface area contributed by atoms with E-state index in [0.717, 1.165) is 25.9 Å². The number of allylic oxidation sites excluding steroid dienone is 1. The summed E-state index contributed by atoms with van der Waals surface area (Å²) in [5.74, 6) is 0.306. The number of nitro groups is 1. The topological polar surface area (TPSA) is 92.9 Å². The SMILES string of the molecule is O=C1C(=Cc2cccc([N+](=O)[O-])c2)Oc2c1ccc(O)c2CN1CCCCCC1. The number of phenols is 1. The summed E-state index contributed by atoms with van der Waals surface area (Å²) in [4.78, 5) is 25.6. The van der Waals surface area contributed by atoms with Crippen molar-refractivity contribution in [3.63, 3.8) is 0 Å². The summed E-state index contributed by atoms with van der Waals surface area (Å²) >= 11 is 0. The molecule has 0 saturated carbocycles. The highest BCUT2D eigenvalue weighted by Gasteiger charge is 2.31. The van der Waals surface area contributed by atoms with Gasteiger partial charge in [0.1, 0.15) is 11.5 Å². The number of likely N-dealkylation sites (tertiary alicyclic amines) is 1. The van der Waals surface area contributed by atoms with Crippen LogP contribution in [0.4, 0.5) is 5.69 Å². The van der Waals surface area contributed by atoms with Crippen molar-refractivity contribution in [2.45, 2.75) is 32.2 Å². The number of fused-ring (bicyclic) bond motifs is 1. The number of carbonyl (C=O) groups is 1. The fourth-order valence-electron chi connectivity index (χ4n) is 3.85. The van der Waals surface area contributed by atoms with Gasteiger partial charge in [0.05, 0.1) is 16.1 Å². The standard InChI is InChI=1S/C22H22N2O5/c25-19-9-8-17-21(26)20(13-15-6-5-7-16(12-15)24(27)28)29-22(17)18(19)14-23-10-3-1-2-4-11-23/h5-9,12-13,25H,1-4,10-11,14H2. The van der Waals surface area contributed by atoms with Gasteiger partial charge in [0, 0.05) is 18.7 Å². The van der Waals surface area contributed by atoms with Crippen molar-refractivity contribution in [2.75, 3.05) is 13.1 Å². The van der Waals surface area contributed by atoms with E-state index < -0.39 is 4.92 Å². The third-order valence-electron chi connectivity index (χ3n) is 5.38. The first-order chi connectivity index (χ1) is 14.0. The van der Waals surface area contributed by atoms with Crippen molar-refractivity contribution in [1.82, 2.24) is 4.90 Å². The molecular formula is C22H22N2O5. The molecule has 2 aliphatic heterocycles. The van der Waals surface area contributed by atoms with Crippen molar-refractivity contribution in [3.05, 3.63) is 69.0 Å². The number of carbonyl (C=O) groups excluding carboxylic acids is 1. The Bertz CT molecular complexity index is 991. The molecule has 0 amide bonds. The molecule has 4 rings (SSSR count). The number of nitrogens with zero attached hydrogens (tertiary/aromatic N) is 2. The first-order valence-corrected chi connectivity index (χ1v) is 9.79. The van der Waals surface area contributed by atoms with Crippen molar-refractivity contribution < 1.29 is 19.6 Å². The first-order valence-electron chi connectivity index (χ1n) is 9.79. The lowest BCUT2D eigenvalue weighted by Gasteiger charge is -2.21. The van der Waals surface area contributed by atoms with E-state index in [2.05, 4.69) is 4.90 Å². The average Bonchev–Trinajstić information content (AvgIpc) is 2.87. The number of hydrogen-bond donors (Lipinski definition) is 1. The minimum absolute atomic E-state index is 0.0539. The summed E-state index contributed by atoms with van der Waals surface area (Å²) in [6.07, 6.45) is 6.16. The van der Waals surface area contributed by atoms with E-state index in [1.54, 1.807) is 18.2 Å². The molecule has 0 spiro atoms. The maximum atomic E-state index is 12.8. The van der Waals surface area contributed by atoms with Gasteiger partial charge in [-0.3, -0.25) is 19.8 Å². The molecular weight excluding hydrogens is 372 g/mol. The molecule has 1 fully saturated rings. The van der Waals surface area contributed by atoms with Crippen LogP contribution in [0.5, 0.6) is 11.5 Å². The molecule has 2 aromatic rings. The predicted molar refractivity (Wildman–Crippen MR) is 108 cm³/mol. The summed E-state index contributed by atoms with van der Waals surface area (Å²) in [5, 5.41) is 21.4. The van der Waals surface area contributed by atoms with E-state index in [4.69, 9.17) is 4.74 Å². The maximum absolute atomic E-state index is 12.8. The van der Waals surface area contributed by atoms with Crippen LogP contribution in [-0.4, -0.2) is 33.8 Å². The highest BCUT2D eigenvalue weighted by molar-refractivity contribution is 6.15. The number of ketones is 1. The predicted octanol–water partition coefficient (Wildman–Crippen LogP) is 4.29. The summed E-state index contributed by atoms with van der Waals surface area (Å²) in [7, 11) is 0. The largest absolute Gasteiger partial charge is 0.507 e. The van der Waals surface area contributed by atoms with Crippen LogP contribution in [0.1, 0.15) is 47.2 Å². The molecule has 0 aromatic heterocycles. The van der Waals surface area contributed by atoms with Crippen LogP contribution in [0, 0.1) is 10.1 Å². The lowest BCUT2D eigenvalue weighted by atomic mass is 10.0. The third-order valence-corrected chi connectivity index (χ3v) is 5.38. The summed E-state index contributed by atoms with van der Waals surface area (Å²) in [5.41, 5.74) is 1.47. The second kappa shape index (κ2) is 8.05. The molecule has 2 aliphatic rings. The zero-order valence-corrected chi connectivity index (χ0v) is 16.0. The summed E-state index contributed by atoms with van der Waals surface area (Å²) in [6, 6.07) is 9.12. The van der Waals surface area contributed by atoms with Gasteiger partial charge in [-0.25, -0.2) is 0 Å². The van der Waals surface area contributed by atoms with Crippen LogP contribution in [0.3, 0.4) is 0 Å². The van der Waals surface area contributed by atoms with Crippen molar-refractivity contribution >= 4 is 17.5 Å². The van der Waals surface area contributed by atoms with Crippen LogP contribution in [0.25, 0.3) is 6.08 Å². The highest BCUT2D eigenvalue weighted by Crippen LogP contribution is 2.40. The van der Waals surface area contributed by atoms with E-state index in [1.165, 1.54) is 37.1 Å². The van der Waals surface area contributed by atoms with Gasteiger partial charge in [0.2, 0.25) is 5.78 Å². The molecule has 0 atom stereocenters. The number of non-ortho nitro benzene ring substituents is 1. The Kier molecular flexibility index (Phi) is 5.31. The van der Waals surface area contributed by atoms with Crippen LogP contribution in [0.15, 0.2) is 42.2 Å². The number of rotatable bonds is 4. The number of benzene rings is 2. The normalized spacial score (nSPS) is 18.3. The molecule has 2 heterocycles. The van der Waals surface area contributed by atoms with Crippen molar-refractivity contribution in [2.24, 2.45) is 0 Å². The Hall–Kier alpha value is -3.19. The van der Waals surface area contributed by atoms with Crippen molar-refractivity contribution in [1.29, 1.82) is 0 Å². The Morgan fingerprint density at radius 3 is 2.62 bits per heavy atom. The smallest absolute Gasteiger partial charge is 0.270 e. The van der Waals surface area contributed by atoms with Gasteiger partial charge >= 0.3 is 0 Å². The van der Waals surface area contributed by atoms with E-state index >= 15 is 0 Å². The lowest BCUT2D eigenvalue weighted by molar-refractivity contribution is -0.384. The molecule has 0 bridgehead atoms. The molecule has 0 aliphatic carbocycles. The minimum atomic E-state index is -0.481.